The first kappa shape index (κ1) is 21.2. The molecule has 1 aliphatic carbocycles. The zero-order chi connectivity index (χ0) is 23.0. The number of rotatable bonds is 7. The number of methoxy groups -OCH3 is 2. The summed E-state index contributed by atoms with van der Waals surface area (Å²) in [5.74, 6) is 0.443. The highest BCUT2D eigenvalue weighted by atomic mass is 32.2. The lowest BCUT2D eigenvalue weighted by Gasteiger charge is -2.19. The molecule has 3 aromatic heterocycles. The van der Waals surface area contributed by atoms with Gasteiger partial charge < -0.3 is 14.0 Å². The summed E-state index contributed by atoms with van der Waals surface area (Å²) in [5, 5.41) is 12.4. The number of benzene rings is 1. The van der Waals surface area contributed by atoms with Crippen LogP contribution in [-0.2, 0) is 29.4 Å². The molecule has 0 fully saturated rings. The molecule has 172 valence electrons. The molecule has 4 aromatic rings. The maximum atomic E-state index is 13.3. The van der Waals surface area contributed by atoms with Crippen molar-refractivity contribution in [1.82, 2.24) is 25.1 Å². The van der Waals surface area contributed by atoms with Gasteiger partial charge in [0.05, 0.1) is 32.3 Å². The van der Waals surface area contributed by atoms with Gasteiger partial charge >= 0.3 is 0 Å². The van der Waals surface area contributed by atoms with Crippen LogP contribution in [0.3, 0.4) is 0 Å². The predicted octanol–water partition coefficient (Wildman–Crippen LogP) is 2.56. The fraction of sp³-hybridized carbons (Fsp3) is 0.333. The summed E-state index contributed by atoms with van der Waals surface area (Å²) in [6.45, 7) is 0.285. The van der Waals surface area contributed by atoms with Crippen LogP contribution in [0.2, 0.25) is 0 Å². The highest BCUT2D eigenvalue weighted by molar-refractivity contribution is 7.92. The van der Waals surface area contributed by atoms with E-state index in [0.717, 1.165) is 36.8 Å². The van der Waals surface area contributed by atoms with Crippen molar-refractivity contribution in [2.45, 2.75) is 37.1 Å². The molecule has 0 unspecified atom stereocenters. The Morgan fingerprint density at radius 2 is 1.79 bits per heavy atom. The molecule has 0 amide bonds. The second kappa shape index (κ2) is 8.35. The molecule has 1 N–H and O–H groups in total. The van der Waals surface area contributed by atoms with Gasteiger partial charge in [-0.15, -0.1) is 0 Å². The summed E-state index contributed by atoms with van der Waals surface area (Å²) in [7, 11) is -1.14. The Morgan fingerprint density at radius 3 is 2.48 bits per heavy atom. The Labute approximate surface area is 189 Å². The molecule has 0 bridgehead atoms. The third kappa shape index (κ3) is 3.97. The smallest absolute Gasteiger partial charge is 0.266 e. The fourth-order valence-corrected chi connectivity index (χ4v) is 5.25. The van der Waals surface area contributed by atoms with Gasteiger partial charge in [-0.1, -0.05) is 5.16 Å². The Kier molecular flexibility index (Phi) is 5.36. The Morgan fingerprint density at radius 1 is 1.06 bits per heavy atom. The number of pyridine rings is 1. The average Bonchev–Trinajstić information content (AvgIpc) is 3.47. The van der Waals surface area contributed by atoms with Gasteiger partial charge in [0.25, 0.3) is 10.0 Å². The number of anilines is 1. The van der Waals surface area contributed by atoms with Crippen LogP contribution in [0.1, 0.15) is 29.7 Å². The van der Waals surface area contributed by atoms with Crippen LogP contribution in [-0.4, -0.2) is 47.8 Å². The average molecular weight is 471 g/mol. The third-order valence-corrected chi connectivity index (χ3v) is 6.95. The summed E-state index contributed by atoms with van der Waals surface area (Å²) >= 11 is 0. The van der Waals surface area contributed by atoms with Crippen molar-refractivity contribution in [3.8, 4) is 11.6 Å². The molecular weight excluding hydrogens is 448 g/mol. The largest absolute Gasteiger partial charge is 0.495 e. The molecule has 1 aromatic carbocycles. The molecule has 0 saturated carbocycles. The first-order valence-electron chi connectivity index (χ1n) is 10.4. The van der Waals surface area contributed by atoms with Gasteiger partial charge in [-0.05, 0) is 48.9 Å². The van der Waals surface area contributed by atoms with Crippen LogP contribution in [0.4, 0.5) is 5.82 Å². The molecule has 0 atom stereocenters. The highest BCUT2D eigenvalue weighted by Gasteiger charge is 2.27. The van der Waals surface area contributed by atoms with Crippen LogP contribution in [0.25, 0.3) is 11.0 Å². The quantitative estimate of drug-likeness (QED) is 0.432. The summed E-state index contributed by atoms with van der Waals surface area (Å²) in [6.07, 6.45) is 6.97. The molecule has 1 aliphatic rings. The van der Waals surface area contributed by atoms with E-state index in [1.165, 1.54) is 19.0 Å². The Hall–Kier alpha value is -3.67. The Balaban J connectivity index is 1.52. The second-order valence-corrected chi connectivity index (χ2v) is 9.32. The van der Waals surface area contributed by atoms with Crippen molar-refractivity contribution >= 4 is 26.8 Å². The molecule has 11 nitrogen and oxygen atoms in total. The molecule has 0 aliphatic heterocycles. The van der Waals surface area contributed by atoms with E-state index in [9.17, 15) is 8.42 Å². The van der Waals surface area contributed by atoms with E-state index < -0.39 is 10.0 Å². The van der Waals surface area contributed by atoms with E-state index in [0.29, 0.717) is 16.7 Å². The first-order chi connectivity index (χ1) is 16.0. The number of aromatic nitrogens is 5. The summed E-state index contributed by atoms with van der Waals surface area (Å²) in [4.78, 5) is 5.94. The zero-order valence-corrected chi connectivity index (χ0v) is 18.9. The van der Waals surface area contributed by atoms with Gasteiger partial charge in [0.15, 0.2) is 11.4 Å². The molecule has 0 spiro atoms. The number of aryl methyl sites for hydroxylation is 2. The van der Waals surface area contributed by atoms with Crippen molar-refractivity contribution in [3.05, 3.63) is 47.4 Å². The number of hydrogen-bond acceptors (Lipinski definition) is 9. The molecule has 0 saturated heterocycles. The minimum atomic E-state index is -4.03. The van der Waals surface area contributed by atoms with E-state index in [-0.39, 0.29) is 28.9 Å². The van der Waals surface area contributed by atoms with Gasteiger partial charge in [0.2, 0.25) is 5.88 Å². The molecule has 33 heavy (non-hydrogen) atoms. The van der Waals surface area contributed by atoms with E-state index >= 15 is 0 Å². The van der Waals surface area contributed by atoms with Crippen molar-refractivity contribution in [2.24, 2.45) is 0 Å². The summed E-state index contributed by atoms with van der Waals surface area (Å²) in [5.41, 5.74) is 3.02. The molecule has 12 heteroatoms. The van der Waals surface area contributed by atoms with Crippen LogP contribution in [0.5, 0.6) is 11.6 Å². The van der Waals surface area contributed by atoms with Crippen LogP contribution in [0.15, 0.2) is 40.0 Å². The maximum absolute atomic E-state index is 13.3. The highest BCUT2D eigenvalue weighted by Crippen LogP contribution is 2.36. The lowest BCUT2D eigenvalue weighted by atomic mass is 9.92. The van der Waals surface area contributed by atoms with E-state index in [1.54, 1.807) is 24.5 Å². The van der Waals surface area contributed by atoms with Gasteiger partial charge in [0.1, 0.15) is 22.6 Å². The fourth-order valence-electron chi connectivity index (χ4n) is 4.04. The second-order valence-electron chi connectivity index (χ2n) is 7.67. The van der Waals surface area contributed by atoms with Crippen molar-refractivity contribution in [2.75, 3.05) is 18.9 Å². The van der Waals surface area contributed by atoms with E-state index in [2.05, 4.69) is 25.1 Å². The number of nitrogens with zero attached hydrogens (tertiary/aromatic N) is 5. The molecule has 0 radical (unpaired) electrons. The van der Waals surface area contributed by atoms with Crippen LogP contribution >= 0.6 is 0 Å². The minimum Gasteiger partial charge on any atom is -0.495 e. The third-order valence-electron chi connectivity index (χ3n) is 5.59. The van der Waals surface area contributed by atoms with Gasteiger partial charge in [-0.25, -0.2) is 13.4 Å². The number of sulfonamides is 1. The number of hydrogen-bond donors (Lipinski definition) is 1. The number of nitrogens with one attached hydrogen (secondary N) is 1. The van der Waals surface area contributed by atoms with Gasteiger partial charge in [-0.2, -0.15) is 15.0 Å². The summed E-state index contributed by atoms with van der Waals surface area (Å²) in [6, 6.07) is 5.13. The molecule has 5 rings (SSSR count). The van der Waals surface area contributed by atoms with E-state index in [4.69, 9.17) is 14.0 Å². The molecule has 3 heterocycles. The van der Waals surface area contributed by atoms with Crippen LogP contribution < -0.4 is 14.2 Å². The lowest BCUT2D eigenvalue weighted by Crippen LogP contribution is -2.16. The topological polar surface area (TPSA) is 134 Å². The maximum Gasteiger partial charge on any atom is 0.266 e. The predicted molar refractivity (Wildman–Crippen MR) is 118 cm³/mol. The van der Waals surface area contributed by atoms with Crippen LogP contribution in [0, 0.1) is 0 Å². The summed E-state index contributed by atoms with van der Waals surface area (Å²) < 4.78 is 45.4. The van der Waals surface area contributed by atoms with Crippen molar-refractivity contribution in [3.63, 3.8) is 0 Å². The number of fused-ring (bicyclic) bond motifs is 2. The Bertz CT molecular complexity index is 1410. The first-order valence-corrected chi connectivity index (χ1v) is 11.9. The normalized spacial score (nSPS) is 13.6. The number of ether oxygens (including phenoxy) is 2. The van der Waals surface area contributed by atoms with Crippen molar-refractivity contribution < 1.29 is 22.4 Å². The standard InChI is InChI=1S/C21H22N6O5S/c1-30-16-9-13-5-3-4-6-14(13)10-18(16)33(28,29)26-20-19-17(32-25-20)11-15(24-21(19)31-2)12-27-22-7-8-23-27/h7-11H,3-6,12H2,1-2H3,(H,25,26). The lowest BCUT2D eigenvalue weighted by molar-refractivity contribution is 0.400. The van der Waals surface area contributed by atoms with Gasteiger partial charge in [-0.3, -0.25) is 4.72 Å². The van der Waals surface area contributed by atoms with Gasteiger partial charge in [0, 0.05) is 6.07 Å². The zero-order valence-electron chi connectivity index (χ0n) is 18.1. The van der Waals surface area contributed by atoms with E-state index in [1.807, 2.05) is 6.07 Å². The molecular formula is C21H22N6O5S. The SMILES string of the molecule is COc1cc2c(cc1S(=O)(=O)Nc1noc3cc(Cn4nccn4)nc(OC)c13)CCCC2. The van der Waals surface area contributed by atoms with Crippen molar-refractivity contribution in [1.29, 1.82) is 0 Å². The minimum absolute atomic E-state index is 0.0158. The monoisotopic (exact) mass is 470 g/mol.